The Balaban J connectivity index is 1.15. The topological polar surface area (TPSA) is 188 Å². The van der Waals surface area contributed by atoms with E-state index >= 15 is 0 Å². The summed E-state index contributed by atoms with van der Waals surface area (Å²) in [6.45, 7) is 15.5. The minimum Gasteiger partial charge on any atom is -0.459 e. The minimum atomic E-state index is -1.55. The van der Waals surface area contributed by atoms with E-state index in [1.807, 2.05) is 0 Å². The average molecular weight is 716 g/mol. The number of carbonyl (C=O) groups is 1. The van der Waals surface area contributed by atoms with Crippen molar-refractivity contribution in [2.24, 2.45) is 50.2 Å². The van der Waals surface area contributed by atoms with Crippen molar-refractivity contribution >= 4 is 5.97 Å². The number of hydrogen-bond donors (Lipinski definition) is 6. The van der Waals surface area contributed by atoms with Crippen LogP contribution < -0.4 is 0 Å². The van der Waals surface area contributed by atoms with Gasteiger partial charge in [0.05, 0.1) is 30.4 Å². The second-order valence-electron chi connectivity index (χ2n) is 19.4. The molecule has 4 saturated carbocycles. The zero-order valence-corrected chi connectivity index (χ0v) is 31.5. The van der Waals surface area contributed by atoms with Crippen LogP contribution in [0.1, 0.15) is 118 Å². The van der Waals surface area contributed by atoms with E-state index in [4.69, 9.17) is 9.47 Å². The molecule has 0 radical (unpaired) electrons. The summed E-state index contributed by atoms with van der Waals surface area (Å²) in [6.07, 6.45) is 3.42. The van der Waals surface area contributed by atoms with Gasteiger partial charge >= 0.3 is 5.97 Å². The maximum absolute atomic E-state index is 14.5. The highest BCUT2D eigenvalue weighted by Crippen LogP contribution is 2.75. The molecule has 0 unspecified atom stereocenters. The summed E-state index contributed by atoms with van der Waals surface area (Å²) < 4.78 is 12.9. The molecule has 12 nitrogen and oxygen atoms in total. The normalized spacial score (nSPS) is 48.7. The lowest BCUT2D eigenvalue weighted by atomic mass is 9.33. The maximum Gasteiger partial charge on any atom is 0.313 e. The SMILES string of the molecule is CC1(C)CC[C@]2(C(=O)OCc3cn([C@@H]4O[C@H](CO)[C@@H](O)[C@H](O)[C@H]4O)nn3)CC[C@]3(C)C(=CC[C@@H]4[C@@]5(C)C[C@@H](O)[C@H](O)C(C)(C)[C@@H]5CC[C@]43C)[C@@H]2C1. The molecule has 7 rings (SSSR count). The standard InChI is InChI=1S/C39H61N3O9/c1-34(2)12-14-39(33(49)50-20-21-18-42(41-40-21)32-30(47)29(46)28(45)25(19-43)51-32)15-13-37(6)22(23(39)16-34)8-9-27-36(5)17-24(44)31(48)35(3,4)26(36)10-11-38(27,37)7/h8,18,23-32,43-48H,9-17,19-20H2,1-7H3/t23-,24+,25+,26-,27+,28+,29-,30+,31-,32+,36-,37+,38+,39-/m0/s1. The Morgan fingerprint density at radius 1 is 0.922 bits per heavy atom. The molecule has 5 fully saturated rings. The van der Waals surface area contributed by atoms with Gasteiger partial charge < -0.3 is 40.1 Å². The number of carbonyl (C=O) groups excluding carboxylic acids is 1. The highest BCUT2D eigenvalue weighted by Gasteiger charge is 2.70. The molecule has 1 aromatic heterocycles. The lowest BCUT2D eigenvalue weighted by Gasteiger charge is -2.71. The largest absolute Gasteiger partial charge is 0.459 e. The van der Waals surface area contributed by atoms with Gasteiger partial charge in [0.15, 0.2) is 6.23 Å². The Bertz CT molecular complexity index is 1540. The quantitative estimate of drug-likeness (QED) is 0.194. The number of rotatable bonds is 5. The van der Waals surface area contributed by atoms with Crippen LogP contribution in [0.15, 0.2) is 17.8 Å². The second kappa shape index (κ2) is 12.3. The number of aliphatic hydroxyl groups is 6. The Labute approximate surface area is 301 Å². The van der Waals surface area contributed by atoms with Crippen molar-refractivity contribution in [2.75, 3.05) is 6.61 Å². The fourth-order valence-corrected chi connectivity index (χ4v) is 12.8. The summed E-state index contributed by atoms with van der Waals surface area (Å²) in [5, 5.41) is 71.0. The van der Waals surface area contributed by atoms with Gasteiger partial charge in [0, 0.05) is 0 Å². The first kappa shape index (κ1) is 37.4. The molecule has 12 heteroatoms. The molecule has 0 spiro atoms. The van der Waals surface area contributed by atoms with Crippen molar-refractivity contribution in [1.29, 1.82) is 0 Å². The van der Waals surface area contributed by atoms with Crippen LogP contribution in [0, 0.1) is 50.2 Å². The van der Waals surface area contributed by atoms with Gasteiger partial charge in [-0.3, -0.25) is 4.79 Å². The van der Waals surface area contributed by atoms with E-state index in [0.29, 0.717) is 24.0 Å². The van der Waals surface area contributed by atoms with Gasteiger partial charge in [-0.1, -0.05) is 65.3 Å². The van der Waals surface area contributed by atoms with Crippen LogP contribution in [-0.4, -0.2) is 94.8 Å². The van der Waals surface area contributed by atoms with Gasteiger partial charge in [-0.25, -0.2) is 4.68 Å². The van der Waals surface area contributed by atoms with E-state index in [2.05, 4.69) is 64.9 Å². The van der Waals surface area contributed by atoms with Gasteiger partial charge in [0.2, 0.25) is 0 Å². The Morgan fingerprint density at radius 2 is 1.63 bits per heavy atom. The zero-order valence-electron chi connectivity index (χ0n) is 31.5. The van der Waals surface area contributed by atoms with Crippen LogP contribution >= 0.6 is 0 Å². The molecule has 1 aliphatic heterocycles. The summed E-state index contributed by atoms with van der Waals surface area (Å²) in [5.74, 6) is 0.476. The third kappa shape index (κ3) is 5.35. The summed E-state index contributed by atoms with van der Waals surface area (Å²) >= 11 is 0. The molecular formula is C39H61N3O9. The number of ether oxygens (including phenoxy) is 2. The first-order valence-corrected chi connectivity index (χ1v) is 19.2. The van der Waals surface area contributed by atoms with Crippen molar-refractivity contribution in [2.45, 2.75) is 156 Å². The van der Waals surface area contributed by atoms with Crippen LogP contribution in [-0.2, 0) is 20.9 Å². The van der Waals surface area contributed by atoms with Crippen molar-refractivity contribution in [3.63, 3.8) is 0 Å². The van der Waals surface area contributed by atoms with E-state index < -0.39 is 54.9 Å². The summed E-state index contributed by atoms with van der Waals surface area (Å²) in [7, 11) is 0. The molecule has 0 amide bonds. The maximum atomic E-state index is 14.5. The molecule has 6 aliphatic rings. The van der Waals surface area contributed by atoms with Crippen LogP contribution in [0.3, 0.4) is 0 Å². The van der Waals surface area contributed by atoms with Crippen LogP contribution in [0.4, 0.5) is 0 Å². The Morgan fingerprint density at radius 3 is 2.33 bits per heavy atom. The molecule has 2 heterocycles. The highest BCUT2D eigenvalue weighted by molar-refractivity contribution is 5.78. The molecule has 1 aromatic rings. The predicted molar refractivity (Wildman–Crippen MR) is 185 cm³/mol. The van der Waals surface area contributed by atoms with Crippen LogP contribution in [0.25, 0.3) is 0 Å². The Kier molecular flexibility index (Phi) is 9.01. The molecular weight excluding hydrogens is 654 g/mol. The van der Waals surface area contributed by atoms with Gasteiger partial charge in [-0.2, -0.15) is 0 Å². The van der Waals surface area contributed by atoms with E-state index in [0.717, 1.165) is 51.4 Å². The predicted octanol–water partition coefficient (Wildman–Crippen LogP) is 3.43. The van der Waals surface area contributed by atoms with E-state index in [9.17, 15) is 35.4 Å². The molecule has 5 aliphatic carbocycles. The molecule has 0 aromatic carbocycles. The first-order chi connectivity index (χ1) is 23.8. The highest BCUT2D eigenvalue weighted by atomic mass is 16.6. The summed E-state index contributed by atoms with van der Waals surface area (Å²) in [5.41, 5.74) is 0.520. The van der Waals surface area contributed by atoms with Gasteiger partial charge in [0.1, 0.15) is 36.7 Å². The van der Waals surface area contributed by atoms with Gasteiger partial charge in [0.25, 0.3) is 0 Å². The molecule has 6 N–H and O–H groups in total. The second-order valence-corrected chi connectivity index (χ2v) is 19.4. The molecule has 286 valence electrons. The Hall–Kier alpha value is -1.93. The minimum absolute atomic E-state index is 0.0268. The third-order valence-electron chi connectivity index (χ3n) is 16.0. The fraction of sp³-hybridized carbons (Fsp3) is 0.872. The monoisotopic (exact) mass is 715 g/mol. The number of fused-ring (bicyclic) bond motifs is 7. The van der Waals surface area contributed by atoms with Crippen LogP contribution in [0.5, 0.6) is 0 Å². The molecule has 14 atom stereocenters. The first-order valence-electron chi connectivity index (χ1n) is 19.2. The van der Waals surface area contributed by atoms with Gasteiger partial charge in [-0.15, -0.1) is 5.10 Å². The summed E-state index contributed by atoms with van der Waals surface area (Å²) in [4.78, 5) is 14.5. The van der Waals surface area contributed by atoms with E-state index in [1.54, 1.807) is 0 Å². The molecule has 51 heavy (non-hydrogen) atoms. The van der Waals surface area contributed by atoms with E-state index in [-0.39, 0.29) is 45.6 Å². The van der Waals surface area contributed by atoms with Gasteiger partial charge in [-0.05, 0) is 103 Å². The van der Waals surface area contributed by atoms with Crippen molar-refractivity contribution in [3.05, 3.63) is 23.5 Å². The molecule has 0 bridgehead atoms. The number of aromatic nitrogens is 3. The lowest BCUT2D eigenvalue weighted by molar-refractivity contribution is -0.254. The van der Waals surface area contributed by atoms with Crippen molar-refractivity contribution in [1.82, 2.24) is 15.0 Å². The number of nitrogens with zero attached hydrogens (tertiary/aromatic N) is 3. The number of aliphatic hydroxyl groups excluding tert-OH is 6. The number of esters is 1. The fourth-order valence-electron chi connectivity index (χ4n) is 12.8. The lowest BCUT2D eigenvalue weighted by Crippen LogP contribution is -2.67. The third-order valence-corrected chi connectivity index (χ3v) is 16.0. The van der Waals surface area contributed by atoms with Crippen molar-refractivity contribution in [3.8, 4) is 0 Å². The van der Waals surface area contributed by atoms with Crippen LogP contribution in [0.2, 0.25) is 0 Å². The smallest absolute Gasteiger partial charge is 0.313 e. The number of allylic oxidation sites excluding steroid dienone is 2. The average Bonchev–Trinajstić information content (AvgIpc) is 3.54. The number of hydrogen-bond acceptors (Lipinski definition) is 11. The summed E-state index contributed by atoms with van der Waals surface area (Å²) in [6, 6.07) is 0. The zero-order chi connectivity index (χ0) is 37.1. The molecule has 1 saturated heterocycles. The van der Waals surface area contributed by atoms with E-state index in [1.165, 1.54) is 16.5 Å². The van der Waals surface area contributed by atoms with Crippen molar-refractivity contribution < 1.29 is 44.9 Å².